The van der Waals surface area contributed by atoms with Gasteiger partial charge in [-0.1, -0.05) is 12.8 Å². The molecule has 1 saturated heterocycles. The number of nitrogens with two attached hydrogens (primary N) is 1. The van der Waals surface area contributed by atoms with E-state index in [9.17, 15) is 8.42 Å². The average molecular weight is 349 g/mol. The Bertz CT molecular complexity index is 542. The quantitative estimate of drug-likeness (QED) is 0.873. The van der Waals surface area contributed by atoms with E-state index in [0.29, 0.717) is 23.2 Å². The first-order chi connectivity index (χ1) is 8.99. The molecule has 0 aromatic carbocycles. The molecule has 2 rings (SSSR count). The van der Waals surface area contributed by atoms with Crippen LogP contribution >= 0.6 is 15.9 Å². The second kappa shape index (κ2) is 6.06. The molecule has 1 aromatic rings. The van der Waals surface area contributed by atoms with E-state index in [1.54, 1.807) is 6.07 Å². The SMILES string of the molecule is Nc1cnc(NS(=O)(=O)N2CCCCCC2)c(Br)c1. The maximum absolute atomic E-state index is 12.3. The summed E-state index contributed by atoms with van der Waals surface area (Å²) in [5, 5.41) is 0. The lowest BCUT2D eigenvalue weighted by molar-refractivity contribution is 0.427. The Balaban J connectivity index is 2.15. The van der Waals surface area contributed by atoms with Crippen LogP contribution in [0.5, 0.6) is 0 Å². The van der Waals surface area contributed by atoms with E-state index in [-0.39, 0.29) is 5.82 Å². The second-order valence-electron chi connectivity index (χ2n) is 4.52. The van der Waals surface area contributed by atoms with E-state index in [4.69, 9.17) is 5.73 Å². The van der Waals surface area contributed by atoms with Crippen molar-refractivity contribution in [1.82, 2.24) is 9.29 Å². The molecule has 2 heterocycles. The molecule has 19 heavy (non-hydrogen) atoms. The van der Waals surface area contributed by atoms with Crippen molar-refractivity contribution in [3.63, 3.8) is 0 Å². The number of halogens is 1. The molecule has 6 nitrogen and oxygen atoms in total. The van der Waals surface area contributed by atoms with Crippen molar-refractivity contribution in [1.29, 1.82) is 0 Å². The van der Waals surface area contributed by atoms with Crippen LogP contribution in [0, 0.1) is 0 Å². The summed E-state index contributed by atoms with van der Waals surface area (Å²) >= 11 is 3.25. The zero-order chi connectivity index (χ0) is 13.9. The van der Waals surface area contributed by atoms with Crippen molar-refractivity contribution in [3.05, 3.63) is 16.7 Å². The molecular formula is C11H17BrN4O2S. The summed E-state index contributed by atoms with van der Waals surface area (Å²) in [5.41, 5.74) is 6.05. The third-order valence-corrected chi connectivity index (χ3v) is 5.09. The summed E-state index contributed by atoms with van der Waals surface area (Å²) in [6, 6.07) is 1.62. The highest BCUT2D eigenvalue weighted by atomic mass is 79.9. The van der Waals surface area contributed by atoms with Crippen molar-refractivity contribution in [2.24, 2.45) is 0 Å². The van der Waals surface area contributed by atoms with E-state index < -0.39 is 10.2 Å². The molecule has 1 aromatic heterocycles. The van der Waals surface area contributed by atoms with Crippen LogP contribution in [0.3, 0.4) is 0 Å². The first-order valence-electron chi connectivity index (χ1n) is 6.18. The van der Waals surface area contributed by atoms with Crippen molar-refractivity contribution in [2.45, 2.75) is 25.7 Å². The van der Waals surface area contributed by atoms with Gasteiger partial charge in [0, 0.05) is 13.1 Å². The number of anilines is 2. The number of aromatic nitrogens is 1. The largest absolute Gasteiger partial charge is 0.397 e. The number of hydrogen-bond acceptors (Lipinski definition) is 4. The van der Waals surface area contributed by atoms with Crippen LogP contribution in [-0.4, -0.2) is 30.8 Å². The Labute approximate surface area is 121 Å². The minimum absolute atomic E-state index is 0.262. The highest BCUT2D eigenvalue weighted by Gasteiger charge is 2.23. The van der Waals surface area contributed by atoms with Gasteiger partial charge in [-0.05, 0) is 34.8 Å². The van der Waals surface area contributed by atoms with Gasteiger partial charge in [-0.2, -0.15) is 12.7 Å². The minimum atomic E-state index is -3.55. The van der Waals surface area contributed by atoms with Crippen LogP contribution in [0.1, 0.15) is 25.7 Å². The van der Waals surface area contributed by atoms with Crippen molar-refractivity contribution < 1.29 is 8.42 Å². The van der Waals surface area contributed by atoms with E-state index >= 15 is 0 Å². The summed E-state index contributed by atoms with van der Waals surface area (Å²) in [6.45, 7) is 1.11. The molecule has 0 saturated carbocycles. The summed E-state index contributed by atoms with van der Waals surface area (Å²) < 4.78 is 29.0. The van der Waals surface area contributed by atoms with Gasteiger partial charge in [0.1, 0.15) is 0 Å². The van der Waals surface area contributed by atoms with Gasteiger partial charge in [0.2, 0.25) is 0 Å². The molecule has 3 N–H and O–H groups in total. The normalized spacial score (nSPS) is 17.9. The van der Waals surface area contributed by atoms with Gasteiger partial charge in [0.25, 0.3) is 0 Å². The number of nitrogen functional groups attached to an aromatic ring is 1. The Kier molecular flexibility index (Phi) is 4.64. The monoisotopic (exact) mass is 348 g/mol. The Morgan fingerprint density at radius 1 is 1.26 bits per heavy atom. The first kappa shape index (κ1) is 14.5. The highest BCUT2D eigenvalue weighted by molar-refractivity contribution is 9.10. The van der Waals surface area contributed by atoms with E-state index in [0.717, 1.165) is 25.7 Å². The van der Waals surface area contributed by atoms with Crippen LogP contribution in [0.25, 0.3) is 0 Å². The number of nitrogens with one attached hydrogen (secondary N) is 1. The Morgan fingerprint density at radius 3 is 2.47 bits per heavy atom. The Morgan fingerprint density at radius 2 is 1.89 bits per heavy atom. The number of pyridine rings is 1. The zero-order valence-corrected chi connectivity index (χ0v) is 12.9. The molecule has 0 radical (unpaired) electrons. The van der Waals surface area contributed by atoms with Crippen LogP contribution in [0.15, 0.2) is 16.7 Å². The molecule has 0 bridgehead atoms. The molecule has 0 amide bonds. The van der Waals surface area contributed by atoms with Gasteiger partial charge >= 0.3 is 10.2 Å². The summed E-state index contributed by atoms with van der Waals surface area (Å²) in [4.78, 5) is 3.99. The lowest BCUT2D eigenvalue weighted by atomic mass is 10.2. The van der Waals surface area contributed by atoms with Gasteiger partial charge < -0.3 is 5.73 Å². The van der Waals surface area contributed by atoms with Gasteiger partial charge in [0.15, 0.2) is 5.82 Å². The topological polar surface area (TPSA) is 88.3 Å². The second-order valence-corrected chi connectivity index (χ2v) is 7.04. The van der Waals surface area contributed by atoms with Crippen molar-refractivity contribution in [2.75, 3.05) is 23.5 Å². The molecule has 0 spiro atoms. The fourth-order valence-corrected chi connectivity index (χ4v) is 3.87. The third kappa shape index (κ3) is 3.80. The van der Waals surface area contributed by atoms with Gasteiger partial charge in [-0.25, -0.2) is 4.98 Å². The first-order valence-corrected chi connectivity index (χ1v) is 8.41. The lowest BCUT2D eigenvalue weighted by Gasteiger charge is -2.20. The molecule has 106 valence electrons. The molecule has 1 fully saturated rings. The van der Waals surface area contributed by atoms with Crippen molar-refractivity contribution >= 4 is 37.6 Å². The average Bonchev–Trinajstić information content (AvgIpc) is 2.62. The van der Waals surface area contributed by atoms with E-state index in [1.807, 2.05) is 0 Å². The molecule has 8 heteroatoms. The van der Waals surface area contributed by atoms with Crippen LogP contribution < -0.4 is 10.5 Å². The standard InChI is InChI=1S/C11H17BrN4O2S/c12-10-7-9(13)8-14-11(10)15-19(17,18)16-5-3-1-2-4-6-16/h7-8H,1-6,13H2,(H,14,15). The van der Waals surface area contributed by atoms with Gasteiger partial charge in [0.05, 0.1) is 16.4 Å². The van der Waals surface area contributed by atoms with Crippen LogP contribution in [0.2, 0.25) is 0 Å². The van der Waals surface area contributed by atoms with Crippen molar-refractivity contribution in [3.8, 4) is 0 Å². The minimum Gasteiger partial charge on any atom is -0.397 e. The van der Waals surface area contributed by atoms with Crippen LogP contribution in [0.4, 0.5) is 11.5 Å². The number of hydrogen-bond donors (Lipinski definition) is 2. The summed E-state index contributed by atoms with van der Waals surface area (Å²) in [5.74, 6) is 0.262. The Hall–Kier alpha value is -0.860. The smallest absolute Gasteiger partial charge is 0.302 e. The van der Waals surface area contributed by atoms with E-state index in [1.165, 1.54) is 10.5 Å². The zero-order valence-electron chi connectivity index (χ0n) is 10.5. The van der Waals surface area contributed by atoms with Crippen LogP contribution in [-0.2, 0) is 10.2 Å². The number of rotatable bonds is 3. The molecular weight excluding hydrogens is 332 g/mol. The summed E-state index contributed by atoms with van der Waals surface area (Å²) in [6.07, 6.45) is 5.38. The predicted octanol–water partition coefficient (Wildman–Crippen LogP) is 1.96. The predicted molar refractivity (Wildman–Crippen MR) is 78.9 cm³/mol. The number of nitrogens with zero attached hydrogens (tertiary/aromatic N) is 2. The molecule has 0 aliphatic carbocycles. The third-order valence-electron chi connectivity index (χ3n) is 2.99. The molecule has 0 atom stereocenters. The maximum atomic E-state index is 12.3. The highest BCUT2D eigenvalue weighted by Crippen LogP contribution is 2.24. The lowest BCUT2D eigenvalue weighted by Crippen LogP contribution is -2.36. The maximum Gasteiger partial charge on any atom is 0.302 e. The van der Waals surface area contributed by atoms with Gasteiger partial charge in [-0.15, -0.1) is 0 Å². The molecule has 0 unspecified atom stereocenters. The van der Waals surface area contributed by atoms with Gasteiger partial charge in [-0.3, -0.25) is 4.72 Å². The molecule has 1 aliphatic heterocycles. The summed E-state index contributed by atoms with van der Waals surface area (Å²) in [7, 11) is -3.55. The fourth-order valence-electron chi connectivity index (χ4n) is 2.00. The molecule has 1 aliphatic rings. The van der Waals surface area contributed by atoms with E-state index in [2.05, 4.69) is 25.6 Å². The fraction of sp³-hybridized carbons (Fsp3) is 0.545.